The SMILES string of the molecule is O=C(Nc1ccc(-c2nc3ccccc3s2)cc1)Nc1cccc(Cl)c1. The van der Waals surface area contributed by atoms with Crippen LogP contribution in [0.3, 0.4) is 0 Å². The summed E-state index contributed by atoms with van der Waals surface area (Å²) < 4.78 is 1.16. The lowest BCUT2D eigenvalue weighted by Crippen LogP contribution is -2.19. The fraction of sp³-hybridized carbons (Fsp3) is 0. The van der Waals surface area contributed by atoms with E-state index < -0.39 is 0 Å². The summed E-state index contributed by atoms with van der Waals surface area (Å²) in [6, 6.07) is 22.4. The fourth-order valence-corrected chi connectivity index (χ4v) is 3.71. The van der Waals surface area contributed by atoms with E-state index >= 15 is 0 Å². The minimum Gasteiger partial charge on any atom is -0.308 e. The van der Waals surface area contributed by atoms with Crippen LogP contribution in [-0.2, 0) is 0 Å². The number of rotatable bonds is 3. The number of anilines is 2. The molecule has 0 fully saturated rings. The third kappa shape index (κ3) is 3.69. The van der Waals surface area contributed by atoms with Crippen LogP contribution >= 0.6 is 22.9 Å². The quantitative estimate of drug-likeness (QED) is 0.441. The van der Waals surface area contributed by atoms with Gasteiger partial charge in [-0.1, -0.05) is 29.8 Å². The van der Waals surface area contributed by atoms with Crippen LogP contribution in [0.1, 0.15) is 0 Å². The van der Waals surface area contributed by atoms with E-state index in [4.69, 9.17) is 11.6 Å². The smallest absolute Gasteiger partial charge is 0.308 e. The minimum absolute atomic E-state index is 0.319. The van der Waals surface area contributed by atoms with Crippen molar-refractivity contribution in [1.82, 2.24) is 4.98 Å². The molecular formula is C20H14ClN3OS. The lowest BCUT2D eigenvalue weighted by Gasteiger charge is -2.08. The fourth-order valence-electron chi connectivity index (χ4n) is 2.55. The molecule has 26 heavy (non-hydrogen) atoms. The van der Waals surface area contributed by atoms with Gasteiger partial charge in [-0.25, -0.2) is 9.78 Å². The number of benzene rings is 3. The molecule has 0 saturated heterocycles. The van der Waals surface area contributed by atoms with Crippen molar-refractivity contribution in [2.75, 3.05) is 10.6 Å². The van der Waals surface area contributed by atoms with Crippen LogP contribution in [0.15, 0.2) is 72.8 Å². The molecule has 2 N–H and O–H groups in total. The van der Waals surface area contributed by atoms with E-state index in [1.165, 1.54) is 0 Å². The molecule has 3 aromatic carbocycles. The van der Waals surface area contributed by atoms with Gasteiger partial charge >= 0.3 is 6.03 Å². The van der Waals surface area contributed by atoms with E-state index in [9.17, 15) is 4.79 Å². The number of thiazole rings is 1. The van der Waals surface area contributed by atoms with E-state index in [0.29, 0.717) is 16.4 Å². The Morgan fingerprint density at radius 1 is 0.885 bits per heavy atom. The number of halogens is 1. The van der Waals surface area contributed by atoms with Crippen LogP contribution in [0.4, 0.5) is 16.2 Å². The van der Waals surface area contributed by atoms with Crippen LogP contribution in [0, 0.1) is 0 Å². The number of para-hydroxylation sites is 1. The Morgan fingerprint density at radius 3 is 2.42 bits per heavy atom. The summed E-state index contributed by atoms with van der Waals surface area (Å²) in [7, 11) is 0. The van der Waals surface area contributed by atoms with Gasteiger partial charge in [0.1, 0.15) is 5.01 Å². The number of aromatic nitrogens is 1. The van der Waals surface area contributed by atoms with Crippen LogP contribution in [-0.4, -0.2) is 11.0 Å². The van der Waals surface area contributed by atoms with Crippen molar-refractivity contribution in [2.45, 2.75) is 0 Å². The molecule has 2 amide bonds. The number of carbonyl (C=O) groups is 1. The molecule has 0 radical (unpaired) electrons. The average Bonchev–Trinajstić information content (AvgIpc) is 3.06. The molecular weight excluding hydrogens is 366 g/mol. The highest BCUT2D eigenvalue weighted by atomic mass is 35.5. The summed E-state index contributed by atoms with van der Waals surface area (Å²) in [5.41, 5.74) is 3.36. The maximum Gasteiger partial charge on any atom is 0.323 e. The molecule has 4 rings (SSSR count). The largest absolute Gasteiger partial charge is 0.323 e. The maximum absolute atomic E-state index is 12.1. The Kier molecular flexibility index (Phi) is 4.56. The van der Waals surface area contributed by atoms with Gasteiger partial charge in [0, 0.05) is 22.0 Å². The number of carbonyl (C=O) groups excluding carboxylic acids is 1. The van der Waals surface area contributed by atoms with Gasteiger partial charge in [-0.05, 0) is 54.6 Å². The van der Waals surface area contributed by atoms with Crippen molar-refractivity contribution in [2.24, 2.45) is 0 Å². The van der Waals surface area contributed by atoms with Gasteiger partial charge in [0.25, 0.3) is 0 Å². The summed E-state index contributed by atoms with van der Waals surface area (Å²) in [6.45, 7) is 0. The van der Waals surface area contributed by atoms with E-state index in [2.05, 4.69) is 21.7 Å². The molecule has 6 heteroatoms. The molecule has 1 aromatic heterocycles. The third-order valence-corrected chi connectivity index (χ3v) is 5.09. The Labute approximate surface area is 159 Å². The van der Waals surface area contributed by atoms with Gasteiger partial charge in [-0.3, -0.25) is 0 Å². The van der Waals surface area contributed by atoms with Crippen molar-refractivity contribution in [3.05, 3.63) is 77.8 Å². The highest BCUT2D eigenvalue weighted by molar-refractivity contribution is 7.21. The molecule has 128 valence electrons. The highest BCUT2D eigenvalue weighted by Crippen LogP contribution is 2.30. The molecule has 0 aliphatic heterocycles. The second-order valence-corrected chi connectivity index (χ2v) is 7.12. The molecule has 4 nitrogen and oxygen atoms in total. The minimum atomic E-state index is -0.319. The van der Waals surface area contributed by atoms with Gasteiger partial charge in [0.05, 0.1) is 10.2 Å². The van der Waals surface area contributed by atoms with Crippen LogP contribution in [0.5, 0.6) is 0 Å². The third-order valence-electron chi connectivity index (χ3n) is 3.77. The Hall–Kier alpha value is -2.89. The predicted molar refractivity (Wildman–Crippen MR) is 109 cm³/mol. The molecule has 0 saturated carbocycles. The number of fused-ring (bicyclic) bond motifs is 1. The Morgan fingerprint density at radius 2 is 1.65 bits per heavy atom. The molecule has 4 aromatic rings. The molecule has 0 unspecified atom stereocenters. The molecule has 0 aliphatic rings. The van der Waals surface area contributed by atoms with Crippen LogP contribution < -0.4 is 10.6 Å². The normalized spacial score (nSPS) is 10.7. The summed E-state index contributed by atoms with van der Waals surface area (Å²) in [4.78, 5) is 16.7. The highest BCUT2D eigenvalue weighted by Gasteiger charge is 2.07. The number of urea groups is 1. The van der Waals surface area contributed by atoms with Crippen molar-refractivity contribution >= 4 is 50.6 Å². The number of hydrogen-bond acceptors (Lipinski definition) is 3. The topological polar surface area (TPSA) is 54.0 Å². The van der Waals surface area contributed by atoms with Crippen molar-refractivity contribution in [3.63, 3.8) is 0 Å². The number of nitrogens with one attached hydrogen (secondary N) is 2. The summed E-state index contributed by atoms with van der Waals surface area (Å²) in [5, 5.41) is 7.09. The van der Waals surface area contributed by atoms with Gasteiger partial charge in [-0.2, -0.15) is 0 Å². The van der Waals surface area contributed by atoms with E-state index in [-0.39, 0.29) is 6.03 Å². The number of amides is 2. The molecule has 0 spiro atoms. The maximum atomic E-state index is 12.1. The van der Waals surface area contributed by atoms with Gasteiger partial charge in [-0.15, -0.1) is 11.3 Å². The standard InChI is InChI=1S/C20H14ClN3OS/c21-14-4-3-5-16(12-14)23-20(25)22-15-10-8-13(9-11-15)19-24-17-6-1-2-7-18(17)26-19/h1-12H,(H2,22,23,25). The second-order valence-electron chi connectivity index (χ2n) is 5.65. The molecule has 0 bridgehead atoms. The Bertz CT molecular complexity index is 1040. The first kappa shape index (κ1) is 16.6. The average molecular weight is 380 g/mol. The zero-order chi connectivity index (χ0) is 17.9. The molecule has 0 atom stereocenters. The van der Waals surface area contributed by atoms with Crippen LogP contribution in [0.2, 0.25) is 5.02 Å². The van der Waals surface area contributed by atoms with E-state index in [0.717, 1.165) is 20.8 Å². The second kappa shape index (κ2) is 7.15. The van der Waals surface area contributed by atoms with Gasteiger partial charge in [0.15, 0.2) is 0 Å². The summed E-state index contributed by atoms with van der Waals surface area (Å²) in [6.07, 6.45) is 0. The van der Waals surface area contributed by atoms with Crippen LogP contribution in [0.25, 0.3) is 20.8 Å². The van der Waals surface area contributed by atoms with Gasteiger partial charge < -0.3 is 10.6 Å². The van der Waals surface area contributed by atoms with Crippen molar-refractivity contribution in [3.8, 4) is 10.6 Å². The van der Waals surface area contributed by atoms with E-state index in [1.807, 2.05) is 42.5 Å². The zero-order valence-electron chi connectivity index (χ0n) is 13.6. The summed E-state index contributed by atoms with van der Waals surface area (Å²) >= 11 is 7.57. The lowest BCUT2D eigenvalue weighted by molar-refractivity contribution is 0.262. The molecule has 0 aliphatic carbocycles. The zero-order valence-corrected chi connectivity index (χ0v) is 15.1. The predicted octanol–water partition coefficient (Wildman–Crippen LogP) is 6.26. The first-order valence-corrected chi connectivity index (χ1v) is 9.16. The van der Waals surface area contributed by atoms with Crippen molar-refractivity contribution < 1.29 is 4.79 Å². The van der Waals surface area contributed by atoms with Gasteiger partial charge in [0.2, 0.25) is 0 Å². The lowest BCUT2D eigenvalue weighted by atomic mass is 10.2. The number of nitrogens with zero attached hydrogens (tertiary/aromatic N) is 1. The Balaban J connectivity index is 1.46. The first-order chi connectivity index (χ1) is 12.7. The summed E-state index contributed by atoms with van der Waals surface area (Å²) in [5.74, 6) is 0. The molecule has 1 heterocycles. The number of hydrogen-bond donors (Lipinski definition) is 2. The first-order valence-electron chi connectivity index (χ1n) is 7.97. The van der Waals surface area contributed by atoms with E-state index in [1.54, 1.807) is 35.6 Å². The van der Waals surface area contributed by atoms with Crippen molar-refractivity contribution in [1.29, 1.82) is 0 Å². The monoisotopic (exact) mass is 379 g/mol.